The maximum Gasteiger partial charge on any atom is 0.253 e. The van der Waals surface area contributed by atoms with Crippen LogP contribution in [-0.4, -0.2) is 11.4 Å². The van der Waals surface area contributed by atoms with Crippen molar-refractivity contribution in [1.82, 2.24) is 5.32 Å². The van der Waals surface area contributed by atoms with Crippen molar-refractivity contribution in [2.75, 3.05) is 5.73 Å². The highest BCUT2D eigenvalue weighted by Crippen LogP contribution is 2.55. The summed E-state index contributed by atoms with van der Waals surface area (Å²) in [6.07, 6.45) is 7.33. The Morgan fingerprint density at radius 1 is 1.14 bits per heavy atom. The Balaban J connectivity index is 1.57. The number of nitrogens with two attached hydrogens (primary N) is 1. The summed E-state index contributed by atoms with van der Waals surface area (Å²) in [6, 6.07) is 4.00. The van der Waals surface area contributed by atoms with Crippen LogP contribution in [0.1, 0.15) is 48.9 Å². The summed E-state index contributed by atoms with van der Waals surface area (Å²) in [7, 11) is 0. The molecule has 3 nitrogen and oxygen atoms in total. The number of nitrogen functional groups attached to an aromatic ring is 1. The fourth-order valence-corrected chi connectivity index (χ4v) is 5.31. The Bertz CT molecular complexity index is 563. The third-order valence-corrected chi connectivity index (χ3v) is 5.68. The number of carbonyl (C=O) groups excluding carboxylic acids is 1. The molecule has 1 amide bonds. The van der Waals surface area contributed by atoms with Gasteiger partial charge in [0.15, 0.2) is 0 Å². The molecule has 0 radical (unpaired) electrons. The van der Waals surface area contributed by atoms with Crippen molar-refractivity contribution in [2.45, 2.75) is 44.1 Å². The second-order valence-electron chi connectivity index (χ2n) is 7.38. The highest BCUT2D eigenvalue weighted by atomic mass is 19.1. The summed E-state index contributed by atoms with van der Waals surface area (Å²) in [4.78, 5) is 12.5. The predicted molar refractivity (Wildman–Crippen MR) is 79.2 cm³/mol. The maximum absolute atomic E-state index is 13.1. The molecule has 5 rings (SSSR count). The molecule has 0 spiro atoms. The van der Waals surface area contributed by atoms with E-state index in [1.165, 1.54) is 37.5 Å². The summed E-state index contributed by atoms with van der Waals surface area (Å²) in [5.74, 6) is 1.79. The summed E-state index contributed by atoms with van der Waals surface area (Å²) in [5, 5.41) is 3.26. The van der Waals surface area contributed by atoms with Crippen molar-refractivity contribution >= 4 is 11.6 Å². The van der Waals surface area contributed by atoms with Crippen molar-refractivity contribution in [3.63, 3.8) is 0 Å². The number of halogens is 1. The van der Waals surface area contributed by atoms with Gasteiger partial charge in [-0.15, -0.1) is 0 Å². The molecule has 3 N–H and O–H groups in total. The Kier molecular flexibility index (Phi) is 2.78. The minimum atomic E-state index is -0.404. The molecule has 0 heterocycles. The minimum absolute atomic E-state index is 0.0351. The van der Waals surface area contributed by atoms with E-state index in [0.717, 1.165) is 37.0 Å². The van der Waals surface area contributed by atoms with E-state index in [9.17, 15) is 9.18 Å². The third-order valence-electron chi connectivity index (χ3n) is 5.68. The minimum Gasteiger partial charge on any atom is -0.398 e. The number of rotatable bonds is 2. The molecule has 1 aromatic carbocycles. The summed E-state index contributed by atoms with van der Waals surface area (Å²) >= 11 is 0. The number of hydrogen-bond acceptors (Lipinski definition) is 2. The van der Waals surface area contributed by atoms with Crippen LogP contribution in [0.3, 0.4) is 0 Å². The molecular formula is C17H21FN2O. The standard InChI is InChI=1S/C17H21FN2O/c18-13-1-2-14(15(19)6-13)16(21)20-17-7-10-3-11(8-17)5-12(4-10)9-17/h1-2,6,10-12H,3-5,7-9,19H2,(H,20,21). The zero-order chi connectivity index (χ0) is 14.6. The van der Waals surface area contributed by atoms with Crippen molar-refractivity contribution in [3.05, 3.63) is 29.6 Å². The lowest BCUT2D eigenvalue weighted by Gasteiger charge is -2.56. The number of hydrogen-bond donors (Lipinski definition) is 2. The lowest BCUT2D eigenvalue weighted by atomic mass is 9.53. The van der Waals surface area contributed by atoms with E-state index in [0.29, 0.717) is 5.56 Å². The monoisotopic (exact) mass is 288 g/mol. The molecule has 1 aromatic rings. The Morgan fingerprint density at radius 3 is 2.24 bits per heavy atom. The molecule has 4 aliphatic carbocycles. The second kappa shape index (κ2) is 4.46. The van der Waals surface area contributed by atoms with E-state index < -0.39 is 5.82 Å². The van der Waals surface area contributed by atoms with Gasteiger partial charge >= 0.3 is 0 Å². The number of anilines is 1. The van der Waals surface area contributed by atoms with Crippen molar-refractivity contribution < 1.29 is 9.18 Å². The van der Waals surface area contributed by atoms with Crippen LogP contribution in [0.5, 0.6) is 0 Å². The molecule has 4 bridgehead atoms. The van der Waals surface area contributed by atoms with Crippen molar-refractivity contribution in [3.8, 4) is 0 Å². The van der Waals surface area contributed by atoms with E-state index in [1.54, 1.807) is 0 Å². The highest BCUT2D eigenvalue weighted by Gasteiger charge is 2.51. The molecule has 4 saturated carbocycles. The number of carbonyl (C=O) groups is 1. The van der Waals surface area contributed by atoms with Crippen molar-refractivity contribution in [2.24, 2.45) is 17.8 Å². The first-order chi connectivity index (χ1) is 10.0. The first-order valence-electron chi connectivity index (χ1n) is 7.90. The van der Waals surface area contributed by atoms with Gasteiger partial charge in [0, 0.05) is 11.2 Å². The molecular weight excluding hydrogens is 267 g/mol. The van der Waals surface area contributed by atoms with Gasteiger partial charge in [0.2, 0.25) is 0 Å². The van der Waals surface area contributed by atoms with Crippen LogP contribution in [0, 0.1) is 23.6 Å². The van der Waals surface area contributed by atoms with E-state index in [2.05, 4.69) is 5.32 Å². The molecule has 0 aromatic heterocycles. The first-order valence-corrected chi connectivity index (χ1v) is 7.90. The largest absolute Gasteiger partial charge is 0.398 e. The Labute approximate surface area is 124 Å². The molecule has 112 valence electrons. The smallest absolute Gasteiger partial charge is 0.253 e. The number of amides is 1. The zero-order valence-electron chi connectivity index (χ0n) is 12.1. The van der Waals surface area contributed by atoms with Crippen LogP contribution in [0.25, 0.3) is 0 Å². The third kappa shape index (κ3) is 2.21. The van der Waals surface area contributed by atoms with E-state index in [4.69, 9.17) is 5.73 Å². The molecule has 0 saturated heterocycles. The number of nitrogens with one attached hydrogen (secondary N) is 1. The lowest BCUT2D eigenvalue weighted by molar-refractivity contribution is -0.0166. The van der Waals surface area contributed by atoms with Gasteiger partial charge in [-0.1, -0.05) is 0 Å². The SMILES string of the molecule is Nc1cc(F)ccc1C(=O)NC12CC3CC(CC(C3)C1)C2. The molecule has 21 heavy (non-hydrogen) atoms. The van der Waals surface area contributed by atoms with Gasteiger partial charge in [-0.3, -0.25) is 4.79 Å². The van der Waals surface area contributed by atoms with Gasteiger partial charge < -0.3 is 11.1 Å². The van der Waals surface area contributed by atoms with Crippen LogP contribution >= 0.6 is 0 Å². The molecule has 0 aliphatic heterocycles. The van der Waals surface area contributed by atoms with E-state index in [1.807, 2.05) is 0 Å². The van der Waals surface area contributed by atoms with Crippen LogP contribution in [-0.2, 0) is 0 Å². The van der Waals surface area contributed by atoms with Gasteiger partial charge in [0.25, 0.3) is 5.91 Å². The van der Waals surface area contributed by atoms with Crippen LogP contribution < -0.4 is 11.1 Å². The van der Waals surface area contributed by atoms with E-state index >= 15 is 0 Å². The summed E-state index contributed by atoms with van der Waals surface area (Å²) in [5.41, 5.74) is 6.37. The first kappa shape index (κ1) is 13.1. The van der Waals surface area contributed by atoms with Gasteiger partial charge in [-0.2, -0.15) is 0 Å². The van der Waals surface area contributed by atoms with Crippen LogP contribution in [0.4, 0.5) is 10.1 Å². The van der Waals surface area contributed by atoms with Gasteiger partial charge in [-0.25, -0.2) is 4.39 Å². The second-order valence-corrected chi connectivity index (χ2v) is 7.38. The van der Waals surface area contributed by atoms with Gasteiger partial charge in [0.05, 0.1) is 5.56 Å². The van der Waals surface area contributed by atoms with Gasteiger partial charge in [-0.05, 0) is 74.5 Å². The molecule has 0 atom stereocenters. The normalized spacial score (nSPS) is 36.7. The van der Waals surface area contributed by atoms with Crippen LogP contribution in [0.2, 0.25) is 0 Å². The fraction of sp³-hybridized carbons (Fsp3) is 0.588. The maximum atomic E-state index is 13.1. The van der Waals surface area contributed by atoms with Crippen LogP contribution in [0.15, 0.2) is 18.2 Å². The molecule has 0 unspecified atom stereocenters. The topological polar surface area (TPSA) is 55.1 Å². The molecule has 4 heteroatoms. The average molecular weight is 288 g/mol. The molecule has 4 fully saturated rings. The molecule has 4 aliphatic rings. The summed E-state index contributed by atoms with van der Waals surface area (Å²) in [6.45, 7) is 0. The predicted octanol–water partition coefficient (Wildman–Crippen LogP) is 3.11. The lowest BCUT2D eigenvalue weighted by Crippen LogP contribution is -2.59. The van der Waals surface area contributed by atoms with Gasteiger partial charge in [0.1, 0.15) is 5.82 Å². The average Bonchev–Trinajstić information content (AvgIpc) is 2.35. The fourth-order valence-electron chi connectivity index (χ4n) is 5.31. The highest BCUT2D eigenvalue weighted by molar-refractivity contribution is 5.99. The Hall–Kier alpha value is -1.58. The van der Waals surface area contributed by atoms with Crippen molar-refractivity contribution in [1.29, 1.82) is 0 Å². The quantitative estimate of drug-likeness (QED) is 0.822. The Morgan fingerprint density at radius 2 is 1.71 bits per heavy atom. The zero-order valence-corrected chi connectivity index (χ0v) is 12.1. The number of benzene rings is 1. The van der Waals surface area contributed by atoms with E-state index in [-0.39, 0.29) is 17.1 Å². The summed E-state index contributed by atoms with van der Waals surface area (Å²) < 4.78 is 13.1.